The van der Waals surface area contributed by atoms with Gasteiger partial charge in [0.2, 0.25) is 0 Å². The lowest BCUT2D eigenvalue weighted by Crippen LogP contribution is -2.23. The molecule has 6 heteroatoms. The van der Waals surface area contributed by atoms with E-state index >= 15 is 0 Å². The Morgan fingerprint density at radius 1 is 1.24 bits per heavy atom. The Morgan fingerprint density at radius 3 is 2.71 bits per heavy atom. The standard InChI is InChI=1S/C15H15N3O3/c19-18(20)12-6-7-14(16-10-12)17-13-8-9-21-15(13)11-4-2-1-3-5-11/h1-7,10,13,15H,8-9H2,(H,16,17)/t13-,15-/m0/s1. The molecule has 0 aliphatic carbocycles. The van der Waals surface area contributed by atoms with Crippen molar-refractivity contribution in [2.24, 2.45) is 0 Å². The number of hydrogen-bond acceptors (Lipinski definition) is 5. The quantitative estimate of drug-likeness (QED) is 0.690. The molecule has 6 nitrogen and oxygen atoms in total. The molecule has 0 saturated carbocycles. The Bertz CT molecular complexity index is 616. The minimum atomic E-state index is -0.456. The lowest BCUT2D eigenvalue weighted by molar-refractivity contribution is -0.385. The molecule has 21 heavy (non-hydrogen) atoms. The van der Waals surface area contributed by atoms with E-state index in [1.165, 1.54) is 12.3 Å². The van der Waals surface area contributed by atoms with Crippen molar-refractivity contribution in [1.82, 2.24) is 4.98 Å². The zero-order valence-electron chi connectivity index (χ0n) is 11.3. The summed E-state index contributed by atoms with van der Waals surface area (Å²) >= 11 is 0. The van der Waals surface area contributed by atoms with Crippen molar-refractivity contribution < 1.29 is 9.66 Å². The van der Waals surface area contributed by atoms with Crippen LogP contribution in [0.25, 0.3) is 0 Å². The first-order chi connectivity index (χ1) is 10.2. The first-order valence-electron chi connectivity index (χ1n) is 6.77. The maximum absolute atomic E-state index is 10.6. The van der Waals surface area contributed by atoms with E-state index in [0.717, 1.165) is 12.0 Å². The van der Waals surface area contributed by atoms with Crippen molar-refractivity contribution in [3.63, 3.8) is 0 Å². The molecule has 1 aliphatic rings. The molecular formula is C15H15N3O3. The van der Waals surface area contributed by atoms with E-state index in [2.05, 4.69) is 10.3 Å². The third kappa shape index (κ3) is 3.00. The van der Waals surface area contributed by atoms with Crippen LogP contribution >= 0.6 is 0 Å². The van der Waals surface area contributed by atoms with Gasteiger partial charge in [-0.15, -0.1) is 0 Å². The van der Waals surface area contributed by atoms with Crippen LogP contribution in [0.2, 0.25) is 0 Å². The van der Waals surface area contributed by atoms with Crippen LogP contribution in [0.15, 0.2) is 48.7 Å². The van der Waals surface area contributed by atoms with Crippen LogP contribution < -0.4 is 5.32 Å². The minimum absolute atomic E-state index is 0.0113. The number of anilines is 1. The lowest BCUT2D eigenvalue weighted by atomic mass is 10.0. The molecule has 2 aromatic rings. The van der Waals surface area contributed by atoms with Gasteiger partial charge in [0.15, 0.2) is 0 Å². The van der Waals surface area contributed by atoms with Crippen LogP contribution in [0.3, 0.4) is 0 Å². The molecule has 0 radical (unpaired) electrons. The fourth-order valence-corrected chi connectivity index (χ4v) is 2.48. The first kappa shape index (κ1) is 13.5. The summed E-state index contributed by atoms with van der Waals surface area (Å²) in [6, 6.07) is 13.2. The number of nitrogens with one attached hydrogen (secondary N) is 1. The van der Waals surface area contributed by atoms with E-state index in [4.69, 9.17) is 4.74 Å². The third-order valence-corrected chi connectivity index (χ3v) is 3.51. The Morgan fingerprint density at radius 2 is 2.05 bits per heavy atom. The maximum Gasteiger partial charge on any atom is 0.287 e. The summed E-state index contributed by atoms with van der Waals surface area (Å²) in [6.45, 7) is 0.685. The third-order valence-electron chi connectivity index (χ3n) is 3.51. The molecule has 0 spiro atoms. The van der Waals surface area contributed by atoms with Gasteiger partial charge in [-0.3, -0.25) is 10.1 Å². The van der Waals surface area contributed by atoms with Crippen LogP contribution in [0.5, 0.6) is 0 Å². The largest absolute Gasteiger partial charge is 0.371 e. The summed E-state index contributed by atoms with van der Waals surface area (Å²) in [6.07, 6.45) is 2.11. The average molecular weight is 285 g/mol. The number of aromatic nitrogens is 1. The predicted octanol–water partition coefficient (Wildman–Crippen LogP) is 2.93. The van der Waals surface area contributed by atoms with Gasteiger partial charge in [0.25, 0.3) is 5.69 Å². The molecule has 1 aliphatic heterocycles. The summed E-state index contributed by atoms with van der Waals surface area (Å²) in [7, 11) is 0. The van der Waals surface area contributed by atoms with E-state index in [1.807, 2.05) is 30.3 Å². The minimum Gasteiger partial charge on any atom is -0.371 e. The van der Waals surface area contributed by atoms with E-state index < -0.39 is 4.92 Å². The molecule has 1 N–H and O–H groups in total. The van der Waals surface area contributed by atoms with Crippen LogP contribution in [-0.2, 0) is 4.74 Å². The Labute approximate surface area is 121 Å². The summed E-state index contributed by atoms with van der Waals surface area (Å²) in [5, 5.41) is 13.9. The number of nitro groups is 1. The summed E-state index contributed by atoms with van der Waals surface area (Å²) < 4.78 is 5.79. The molecule has 1 fully saturated rings. The molecule has 0 bridgehead atoms. The number of ether oxygens (including phenoxy) is 1. The second kappa shape index (κ2) is 5.88. The van der Waals surface area contributed by atoms with Gasteiger partial charge >= 0.3 is 0 Å². The number of rotatable bonds is 4. The normalized spacial score (nSPS) is 21.1. The second-order valence-electron chi connectivity index (χ2n) is 4.90. The van der Waals surface area contributed by atoms with Crippen molar-refractivity contribution in [3.8, 4) is 0 Å². The Balaban J connectivity index is 1.73. The van der Waals surface area contributed by atoms with Crippen molar-refractivity contribution in [2.45, 2.75) is 18.6 Å². The monoisotopic (exact) mass is 285 g/mol. The Hall–Kier alpha value is -2.47. The van der Waals surface area contributed by atoms with Crippen LogP contribution in [-0.4, -0.2) is 22.6 Å². The summed E-state index contributed by atoms with van der Waals surface area (Å²) in [5.74, 6) is 0.622. The number of nitrogens with zero attached hydrogens (tertiary/aromatic N) is 2. The lowest BCUT2D eigenvalue weighted by Gasteiger charge is -2.20. The van der Waals surface area contributed by atoms with E-state index in [0.29, 0.717) is 12.4 Å². The molecule has 2 heterocycles. The molecule has 108 valence electrons. The fraction of sp³-hybridized carbons (Fsp3) is 0.267. The molecular weight excluding hydrogens is 270 g/mol. The van der Waals surface area contributed by atoms with Crippen LogP contribution in [0.1, 0.15) is 18.1 Å². The van der Waals surface area contributed by atoms with E-state index in [9.17, 15) is 10.1 Å². The van der Waals surface area contributed by atoms with Gasteiger partial charge in [0.05, 0.1) is 11.0 Å². The molecule has 0 unspecified atom stereocenters. The highest BCUT2D eigenvalue weighted by Gasteiger charge is 2.29. The number of pyridine rings is 1. The highest BCUT2D eigenvalue weighted by molar-refractivity contribution is 5.42. The van der Waals surface area contributed by atoms with Gasteiger partial charge in [-0.05, 0) is 18.1 Å². The molecule has 1 saturated heterocycles. The molecule has 0 amide bonds. The zero-order chi connectivity index (χ0) is 14.7. The molecule has 2 atom stereocenters. The highest BCUT2D eigenvalue weighted by Crippen LogP contribution is 2.31. The predicted molar refractivity (Wildman–Crippen MR) is 78.1 cm³/mol. The molecule has 3 rings (SSSR count). The average Bonchev–Trinajstić information content (AvgIpc) is 2.97. The summed E-state index contributed by atoms with van der Waals surface area (Å²) in [4.78, 5) is 14.2. The van der Waals surface area contributed by atoms with Crippen molar-refractivity contribution >= 4 is 11.5 Å². The summed E-state index contributed by atoms with van der Waals surface area (Å²) in [5.41, 5.74) is 1.11. The van der Waals surface area contributed by atoms with Gasteiger partial charge < -0.3 is 10.1 Å². The van der Waals surface area contributed by atoms with Crippen molar-refractivity contribution in [1.29, 1.82) is 0 Å². The van der Waals surface area contributed by atoms with Gasteiger partial charge in [-0.1, -0.05) is 30.3 Å². The van der Waals surface area contributed by atoms with Crippen molar-refractivity contribution in [3.05, 3.63) is 64.3 Å². The Kier molecular flexibility index (Phi) is 3.79. The van der Waals surface area contributed by atoms with Gasteiger partial charge in [-0.2, -0.15) is 0 Å². The number of benzene rings is 1. The van der Waals surface area contributed by atoms with E-state index in [1.54, 1.807) is 6.07 Å². The topological polar surface area (TPSA) is 77.3 Å². The van der Waals surface area contributed by atoms with Gasteiger partial charge in [0.1, 0.15) is 18.1 Å². The van der Waals surface area contributed by atoms with Crippen molar-refractivity contribution in [2.75, 3.05) is 11.9 Å². The van der Waals surface area contributed by atoms with Gasteiger partial charge in [0, 0.05) is 12.7 Å². The second-order valence-corrected chi connectivity index (χ2v) is 4.90. The van der Waals surface area contributed by atoms with Crippen LogP contribution in [0.4, 0.5) is 11.5 Å². The maximum atomic E-state index is 10.6. The SMILES string of the molecule is O=[N+]([O-])c1ccc(N[C@H]2CCO[C@H]2c2ccccc2)nc1. The molecule has 1 aromatic heterocycles. The van der Waals surface area contributed by atoms with E-state index in [-0.39, 0.29) is 17.8 Å². The first-order valence-corrected chi connectivity index (χ1v) is 6.77. The van der Waals surface area contributed by atoms with Gasteiger partial charge in [-0.25, -0.2) is 4.98 Å². The van der Waals surface area contributed by atoms with Crippen LogP contribution in [0, 0.1) is 10.1 Å². The molecule has 1 aromatic carbocycles. The smallest absolute Gasteiger partial charge is 0.287 e. The zero-order valence-corrected chi connectivity index (χ0v) is 11.3. The highest BCUT2D eigenvalue weighted by atomic mass is 16.6. The number of hydrogen-bond donors (Lipinski definition) is 1. The fourth-order valence-electron chi connectivity index (χ4n) is 2.48.